The van der Waals surface area contributed by atoms with Crippen molar-refractivity contribution in [2.24, 2.45) is 0 Å². The molecule has 1 saturated heterocycles. The molecule has 1 atom stereocenters. The lowest BCUT2D eigenvalue weighted by molar-refractivity contribution is -0.130. The first-order valence-corrected chi connectivity index (χ1v) is 10.5. The van der Waals surface area contributed by atoms with E-state index in [0.29, 0.717) is 0 Å². The van der Waals surface area contributed by atoms with Crippen LogP contribution in [0.1, 0.15) is 53.9 Å². The molecular formula is C23H30N4O2. The molecule has 6 heteroatoms. The van der Waals surface area contributed by atoms with Gasteiger partial charge in [0.2, 0.25) is 5.91 Å². The number of likely N-dealkylation sites (tertiary alicyclic amines) is 1. The third-order valence-corrected chi connectivity index (χ3v) is 6.16. The number of rotatable bonds is 4. The number of carbonyl (C=O) groups excluding carboxylic acids is 1. The lowest BCUT2D eigenvalue weighted by Gasteiger charge is -2.32. The maximum atomic E-state index is 11.7. The number of para-hydroxylation sites is 1. The number of fused-ring (bicyclic) bond motifs is 1. The van der Waals surface area contributed by atoms with Crippen molar-refractivity contribution < 1.29 is 9.53 Å². The lowest BCUT2D eigenvalue weighted by Crippen LogP contribution is -2.38. The summed E-state index contributed by atoms with van der Waals surface area (Å²) < 4.78 is 5.62. The third kappa shape index (κ3) is 4.27. The second-order valence-corrected chi connectivity index (χ2v) is 8.23. The highest BCUT2D eigenvalue weighted by atomic mass is 16.5. The van der Waals surface area contributed by atoms with Crippen LogP contribution in [0.25, 0.3) is 0 Å². The standard InChI is InChI=1S/C23H30N4O2/c1-16-6-4-7-18(22(16)29-3)13-26-11-9-21-20(14-26)12-24-23(25-21)19-8-5-10-27(15-19)17(2)28/h4,6-7,12,19H,5,8-11,13-15H2,1-3H3/t19-/m1/s1. The molecule has 2 aliphatic rings. The molecule has 0 saturated carbocycles. The molecule has 0 unspecified atom stereocenters. The van der Waals surface area contributed by atoms with E-state index in [1.807, 2.05) is 11.1 Å². The second-order valence-electron chi connectivity index (χ2n) is 8.23. The highest BCUT2D eigenvalue weighted by molar-refractivity contribution is 5.73. The summed E-state index contributed by atoms with van der Waals surface area (Å²) in [6, 6.07) is 6.32. The van der Waals surface area contributed by atoms with Crippen molar-refractivity contribution in [2.45, 2.75) is 52.1 Å². The quantitative estimate of drug-likeness (QED) is 0.798. The summed E-state index contributed by atoms with van der Waals surface area (Å²) in [5, 5.41) is 0. The Balaban J connectivity index is 1.46. The summed E-state index contributed by atoms with van der Waals surface area (Å²) in [6.07, 6.45) is 5.02. The van der Waals surface area contributed by atoms with E-state index < -0.39 is 0 Å². The number of carbonyl (C=O) groups is 1. The molecule has 0 N–H and O–H groups in total. The Hall–Kier alpha value is -2.47. The second kappa shape index (κ2) is 8.49. The van der Waals surface area contributed by atoms with Gasteiger partial charge in [-0.05, 0) is 25.3 Å². The van der Waals surface area contributed by atoms with Crippen LogP contribution in [0, 0.1) is 6.92 Å². The molecule has 4 rings (SSSR count). The summed E-state index contributed by atoms with van der Waals surface area (Å²) in [4.78, 5) is 25.7. The minimum absolute atomic E-state index is 0.148. The zero-order chi connectivity index (χ0) is 20.4. The van der Waals surface area contributed by atoms with Gasteiger partial charge in [-0.15, -0.1) is 0 Å². The summed E-state index contributed by atoms with van der Waals surface area (Å²) >= 11 is 0. The zero-order valence-electron chi connectivity index (χ0n) is 17.6. The fraction of sp³-hybridized carbons (Fsp3) is 0.522. The van der Waals surface area contributed by atoms with Gasteiger partial charge in [-0.3, -0.25) is 9.69 Å². The highest BCUT2D eigenvalue weighted by Gasteiger charge is 2.27. The normalized spacial score (nSPS) is 19.7. The van der Waals surface area contributed by atoms with Crippen molar-refractivity contribution in [1.82, 2.24) is 19.8 Å². The van der Waals surface area contributed by atoms with Crippen LogP contribution in [0.15, 0.2) is 24.4 Å². The number of aromatic nitrogens is 2. The van der Waals surface area contributed by atoms with Gasteiger partial charge in [0.1, 0.15) is 11.6 Å². The number of hydrogen-bond acceptors (Lipinski definition) is 5. The Bertz CT molecular complexity index is 898. The molecule has 3 heterocycles. The molecular weight excluding hydrogens is 364 g/mol. The van der Waals surface area contributed by atoms with E-state index in [4.69, 9.17) is 14.7 Å². The number of methoxy groups -OCH3 is 1. The fourth-order valence-corrected chi connectivity index (χ4v) is 4.57. The van der Waals surface area contributed by atoms with E-state index in [1.165, 1.54) is 22.4 Å². The van der Waals surface area contributed by atoms with Crippen LogP contribution in [-0.2, 0) is 24.3 Å². The fourth-order valence-electron chi connectivity index (χ4n) is 4.57. The van der Waals surface area contributed by atoms with Crippen LogP contribution >= 0.6 is 0 Å². The average Bonchev–Trinajstić information content (AvgIpc) is 2.73. The van der Waals surface area contributed by atoms with Crippen LogP contribution in [0.4, 0.5) is 0 Å². The van der Waals surface area contributed by atoms with E-state index >= 15 is 0 Å². The Morgan fingerprint density at radius 1 is 1.31 bits per heavy atom. The minimum atomic E-state index is 0.148. The Morgan fingerprint density at radius 2 is 2.17 bits per heavy atom. The van der Waals surface area contributed by atoms with E-state index in [0.717, 1.165) is 63.6 Å². The summed E-state index contributed by atoms with van der Waals surface area (Å²) in [5.41, 5.74) is 4.77. The summed E-state index contributed by atoms with van der Waals surface area (Å²) in [7, 11) is 1.74. The zero-order valence-corrected chi connectivity index (χ0v) is 17.6. The number of nitrogens with zero attached hydrogens (tertiary/aromatic N) is 4. The predicted octanol–water partition coefficient (Wildman–Crippen LogP) is 3.08. The molecule has 1 fully saturated rings. The minimum Gasteiger partial charge on any atom is -0.496 e. The van der Waals surface area contributed by atoms with Crippen LogP contribution in [0.3, 0.4) is 0 Å². The molecule has 0 aliphatic carbocycles. The topological polar surface area (TPSA) is 58.6 Å². The first kappa shape index (κ1) is 19.8. The summed E-state index contributed by atoms with van der Waals surface area (Å²) in [5.74, 6) is 2.29. The number of hydrogen-bond donors (Lipinski definition) is 0. The van der Waals surface area contributed by atoms with Crippen LogP contribution in [-0.4, -0.2) is 52.4 Å². The average molecular weight is 395 g/mol. The van der Waals surface area contributed by atoms with Crippen molar-refractivity contribution in [3.8, 4) is 5.75 Å². The Kier molecular flexibility index (Phi) is 5.81. The highest BCUT2D eigenvalue weighted by Crippen LogP contribution is 2.28. The molecule has 6 nitrogen and oxygen atoms in total. The molecule has 0 spiro atoms. The number of ether oxygens (including phenoxy) is 1. The van der Waals surface area contributed by atoms with Crippen molar-refractivity contribution in [3.05, 3.63) is 52.6 Å². The molecule has 2 aromatic rings. The first-order chi connectivity index (χ1) is 14.0. The van der Waals surface area contributed by atoms with E-state index in [-0.39, 0.29) is 11.8 Å². The predicted molar refractivity (Wildman–Crippen MR) is 112 cm³/mol. The molecule has 0 radical (unpaired) electrons. The molecule has 1 amide bonds. The maximum absolute atomic E-state index is 11.7. The smallest absolute Gasteiger partial charge is 0.219 e. The molecule has 29 heavy (non-hydrogen) atoms. The largest absolute Gasteiger partial charge is 0.496 e. The molecule has 154 valence electrons. The van der Waals surface area contributed by atoms with E-state index in [2.05, 4.69) is 30.0 Å². The monoisotopic (exact) mass is 394 g/mol. The number of amides is 1. The van der Waals surface area contributed by atoms with Gasteiger partial charge in [0.15, 0.2) is 0 Å². The number of piperidine rings is 1. The Morgan fingerprint density at radius 3 is 2.97 bits per heavy atom. The van der Waals surface area contributed by atoms with E-state index in [9.17, 15) is 4.79 Å². The van der Waals surface area contributed by atoms with Gasteiger partial charge in [-0.1, -0.05) is 18.2 Å². The van der Waals surface area contributed by atoms with Crippen molar-refractivity contribution in [2.75, 3.05) is 26.7 Å². The van der Waals surface area contributed by atoms with Crippen LogP contribution < -0.4 is 4.74 Å². The molecule has 0 bridgehead atoms. The third-order valence-electron chi connectivity index (χ3n) is 6.16. The van der Waals surface area contributed by atoms with Gasteiger partial charge in [0, 0.05) is 75.0 Å². The summed E-state index contributed by atoms with van der Waals surface area (Å²) in [6.45, 7) is 8.03. The number of benzene rings is 1. The van der Waals surface area contributed by atoms with Gasteiger partial charge in [0.25, 0.3) is 0 Å². The number of aryl methyl sites for hydroxylation is 1. The Labute approximate surface area is 172 Å². The first-order valence-electron chi connectivity index (χ1n) is 10.5. The van der Waals surface area contributed by atoms with E-state index in [1.54, 1.807) is 14.0 Å². The molecule has 2 aliphatic heterocycles. The lowest BCUT2D eigenvalue weighted by atomic mass is 9.96. The van der Waals surface area contributed by atoms with Crippen molar-refractivity contribution >= 4 is 5.91 Å². The molecule has 1 aromatic heterocycles. The van der Waals surface area contributed by atoms with Crippen molar-refractivity contribution in [1.29, 1.82) is 0 Å². The van der Waals surface area contributed by atoms with Gasteiger partial charge in [0.05, 0.1) is 7.11 Å². The van der Waals surface area contributed by atoms with Crippen LogP contribution in [0.5, 0.6) is 5.75 Å². The van der Waals surface area contributed by atoms with Crippen LogP contribution in [0.2, 0.25) is 0 Å². The maximum Gasteiger partial charge on any atom is 0.219 e. The SMILES string of the molecule is COc1c(C)cccc1CN1CCc2nc([C@@H]3CCCN(C(C)=O)C3)ncc2C1. The van der Waals surface area contributed by atoms with Gasteiger partial charge in [-0.2, -0.15) is 0 Å². The van der Waals surface area contributed by atoms with Gasteiger partial charge < -0.3 is 9.64 Å². The van der Waals surface area contributed by atoms with Gasteiger partial charge >= 0.3 is 0 Å². The van der Waals surface area contributed by atoms with Crippen molar-refractivity contribution in [3.63, 3.8) is 0 Å². The van der Waals surface area contributed by atoms with Gasteiger partial charge in [-0.25, -0.2) is 9.97 Å². The molecule has 1 aromatic carbocycles.